The maximum atomic E-state index is 14.2. The molecule has 0 spiro atoms. The van der Waals surface area contributed by atoms with Gasteiger partial charge in [-0.05, 0) is 123 Å². The quantitative estimate of drug-likeness (QED) is 0.0189. The molecule has 3 fully saturated rings. The first-order valence-corrected chi connectivity index (χ1v) is 40.4. The molecular weight excluding hydrogens is 1290 g/mol. The third-order valence-corrected chi connectivity index (χ3v) is 23.3. The van der Waals surface area contributed by atoms with Crippen molar-refractivity contribution in [1.29, 1.82) is 0 Å². The van der Waals surface area contributed by atoms with Crippen molar-refractivity contribution in [3.63, 3.8) is 0 Å². The molecule has 102 heavy (non-hydrogen) atoms. The fourth-order valence-electron chi connectivity index (χ4n) is 16.9. The lowest BCUT2D eigenvalue weighted by atomic mass is 9.47. The number of imide groups is 1. The molecule has 4 aliphatic carbocycles. The summed E-state index contributed by atoms with van der Waals surface area (Å²) in [6.07, 6.45) is 33.8. The highest BCUT2D eigenvalue weighted by atomic mass is 16.6. The topological polar surface area (TPSA) is 249 Å². The number of carbonyl (C=O) groups excluding carboxylic acids is 8. The Balaban J connectivity index is 1.05. The van der Waals surface area contributed by atoms with Crippen molar-refractivity contribution < 1.29 is 57.3 Å². The molecule has 0 aromatic carbocycles. The normalized spacial score (nSPS) is 23.3. The van der Waals surface area contributed by atoms with Crippen LogP contribution in [0.25, 0.3) is 0 Å². The molecule has 0 aromatic heterocycles. The van der Waals surface area contributed by atoms with Crippen LogP contribution in [0.2, 0.25) is 0 Å². The first-order valence-electron chi connectivity index (χ1n) is 40.4. The van der Waals surface area contributed by atoms with Crippen LogP contribution in [-0.4, -0.2) is 142 Å². The highest BCUT2D eigenvalue weighted by molar-refractivity contribution is 6.13. The molecule has 2 unspecified atom stereocenters. The maximum absolute atomic E-state index is 14.2. The third kappa shape index (κ3) is 30.5. The summed E-state index contributed by atoms with van der Waals surface area (Å²) >= 11 is 0. The van der Waals surface area contributed by atoms with Crippen molar-refractivity contribution in [1.82, 2.24) is 36.8 Å². The molecular formula is C83H145N7O12. The summed E-state index contributed by atoms with van der Waals surface area (Å²) in [5.74, 6) is 2.37. The van der Waals surface area contributed by atoms with E-state index in [1.807, 2.05) is 69.2 Å². The van der Waals surface area contributed by atoms with Crippen LogP contribution in [0.4, 0.5) is 4.79 Å². The number of unbranched alkanes of at least 4 members (excludes halogenated alkanes) is 12. The highest BCUT2D eigenvalue weighted by Gasteiger charge is 2.59. The molecule has 8 amide bonds. The number of nitrogens with zero attached hydrogens (tertiary/aromatic N) is 1. The molecule has 0 radical (unpaired) electrons. The minimum atomic E-state index is -1.05. The number of ether oxygens (including phenoxy) is 4. The molecule has 5 aliphatic rings. The Kier molecular flexibility index (Phi) is 36.5. The number of amides is 8. The monoisotopic (exact) mass is 1430 g/mol. The van der Waals surface area contributed by atoms with Crippen LogP contribution < -0.4 is 31.9 Å². The van der Waals surface area contributed by atoms with Gasteiger partial charge in [-0.25, -0.2) is 4.79 Å². The second-order valence-corrected chi connectivity index (χ2v) is 36.1. The summed E-state index contributed by atoms with van der Waals surface area (Å²) in [4.78, 5) is 105. The standard InChI is InChI=1S/C83H145N7O12/c1-17-18-19-20-21-22-23-24-25-26-27-28-29-33-70(91)84-50-61(5)100-57-80(11,12)53-86-71(92)39-38-69(89-73(94)49-78(7,8)55-99-56-79(9,10)52-87-72(93)44-47-90-74(95)40-41-75(90)96)76(97)88-54-81(13,14)58-101-62(6)51-85-77(98)102-64-42-45-82(15)63(48-64)34-35-65-67-37-36-66(60(4)32-30-31-59(2)3)83(67,16)46-43-68(65)82/h34,40-41,59-62,64-69H,17-33,35-39,42-58H2,1-16H3,(H,84,91)(H,85,98)(H,86,92)(H,87,93)(H,88,97)(H,89,94)/t60-,61?,62?,64+,65+,66-,67+,68+,69+,82+,83-/m1/s1. The summed E-state index contributed by atoms with van der Waals surface area (Å²) in [7, 11) is 0. The van der Waals surface area contributed by atoms with E-state index in [1.165, 1.54) is 133 Å². The van der Waals surface area contributed by atoms with Gasteiger partial charge in [0.15, 0.2) is 0 Å². The second kappa shape index (κ2) is 42.5. The first kappa shape index (κ1) is 87.8. The van der Waals surface area contributed by atoms with Gasteiger partial charge < -0.3 is 50.8 Å². The largest absolute Gasteiger partial charge is 0.446 e. The van der Waals surface area contributed by atoms with Crippen molar-refractivity contribution >= 4 is 47.4 Å². The molecule has 584 valence electrons. The van der Waals surface area contributed by atoms with Gasteiger partial charge in [-0.2, -0.15) is 0 Å². The predicted molar refractivity (Wildman–Crippen MR) is 407 cm³/mol. The first-order chi connectivity index (χ1) is 48.1. The highest BCUT2D eigenvalue weighted by Crippen LogP contribution is 2.67. The molecule has 1 heterocycles. The zero-order valence-electron chi connectivity index (χ0n) is 66.9. The van der Waals surface area contributed by atoms with Gasteiger partial charge in [0.1, 0.15) is 12.1 Å². The van der Waals surface area contributed by atoms with Gasteiger partial charge in [0.2, 0.25) is 29.5 Å². The van der Waals surface area contributed by atoms with Gasteiger partial charge in [0.05, 0.1) is 38.6 Å². The van der Waals surface area contributed by atoms with Crippen molar-refractivity contribution in [3.8, 4) is 0 Å². The number of hydrogen-bond acceptors (Lipinski definition) is 12. The Hall–Kier alpha value is -4.88. The van der Waals surface area contributed by atoms with Gasteiger partial charge >= 0.3 is 6.09 Å². The van der Waals surface area contributed by atoms with Crippen LogP contribution in [0.5, 0.6) is 0 Å². The van der Waals surface area contributed by atoms with E-state index in [1.54, 1.807) is 0 Å². The molecule has 19 heteroatoms. The van der Waals surface area contributed by atoms with Crippen LogP contribution in [-0.2, 0) is 52.5 Å². The molecule has 0 bridgehead atoms. The molecule has 1 aliphatic heterocycles. The van der Waals surface area contributed by atoms with Crippen molar-refractivity contribution in [2.75, 3.05) is 65.7 Å². The molecule has 0 aromatic rings. The van der Waals surface area contributed by atoms with E-state index in [4.69, 9.17) is 18.9 Å². The van der Waals surface area contributed by atoms with E-state index in [9.17, 15) is 38.4 Å². The number of allylic oxidation sites excluding steroid dienone is 1. The maximum Gasteiger partial charge on any atom is 0.407 e. The second-order valence-electron chi connectivity index (χ2n) is 36.1. The summed E-state index contributed by atoms with van der Waals surface area (Å²) in [6.45, 7) is 36.5. The molecule has 19 nitrogen and oxygen atoms in total. The van der Waals surface area contributed by atoms with Crippen LogP contribution in [0.3, 0.4) is 0 Å². The Morgan fingerprint density at radius 3 is 1.70 bits per heavy atom. The number of carbonyl (C=O) groups is 8. The van der Waals surface area contributed by atoms with Gasteiger partial charge in [0.25, 0.3) is 11.8 Å². The van der Waals surface area contributed by atoms with E-state index < -0.39 is 51.5 Å². The summed E-state index contributed by atoms with van der Waals surface area (Å²) in [5, 5.41) is 17.8. The minimum Gasteiger partial charge on any atom is -0.446 e. The molecule has 5 rings (SSSR count). The summed E-state index contributed by atoms with van der Waals surface area (Å²) < 4.78 is 24.7. The third-order valence-electron chi connectivity index (χ3n) is 23.3. The minimum absolute atomic E-state index is 0.00926. The lowest BCUT2D eigenvalue weighted by Crippen LogP contribution is -2.51. The van der Waals surface area contributed by atoms with Crippen molar-refractivity contribution in [3.05, 3.63) is 23.8 Å². The van der Waals surface area contributed by atoms with E-state index in [2.05, 4.69) is 79.5 Å². The predicted octanol–water partition coefficient (Wildman–Crippen LogP) is 15.0. The van der Waals surface area contributed by atoms with Crippen molar-refractivity contribution in [2.24, 2.45) is 68.0 Å². The molecule has 6 N–H and O–H groups in total. The van der Waals surface area contributed by atoms with Crippen molar-refractivity contribution in [2.45, 2.75) is 321 Å². The average molecular weight is 1430 g/mol. The number of fused-ring (bicyclic) bond motifs is 5. The lowest BCUT2D eigenvalue weighted by Gasteiger charge is -2.58. The molecule has 0 saturated heterocycles. The fourth-order valence-corrected chi connectivity index (χ4v) is 16.9. The number of hydrogen-bond donors (Lipinski definition) is 6. The van der Waals surface area contributed by atoms with Gasteiger partial charge in [-0.3, -0.25) is 38.5 Å². The zero-order chi connectivity index (χ0) is 75.3. The Morgan fingerprint density at radius 1 is 0.559 bits per heavy atom. The Bertz CT molecular complexity index is 2690. The number of rotatable bonds is 50. The average Bonchev–Trinajstić information content (AvgIpc) is 1.36. The van der Waals surface area contributed by atoms with Crippen LogP contribution in [0, 0.1) is 68.0 Å². The number of nitrogens with one attached hydrogen (secondary N) is 6. The van der Waals surface area contributed by atoms with E-state index >= 15 is 0 Å². The number of alkyl carbamates (subject to hydrolysis) is 1. The zero-order valence-corrected chi connectivity index (χ0v) is 66.9. The smallest absolute Gasteiger partial charge is 0.407 e. The van der Waals surface area contributed by atoms with E-state index in [0.29, 0.717) is 37.5 Å². The Morgan fingerprint density at radius 2 is 1.10 bits per heavy atom. The van der Waals surface area contributed by atoms with E-state index in [0.717, 1.165) is 73.0 Å². The summed E-state index contributed by atoms with van der Waals surface area (Å²) in [6, 6.07) is -1.05. The molecule has 11 atom stereocenters. The van der Waals surface area contributed by atoms with E-state index in [-0.39, 0.29) is 119 Å². The van der Waals surface area contributed by atoms with Gasteiger partial charge in [0, 0.05) is 99.8 Å². The fraction of sp³-hybridized carbons (Fsp3) is 0.855. The van der Waals surface area contributed by atoms with Crippen LogP contribution in [0.15, 0.2) is 23.8 Å². The van der Waals surface area contributed by atoms with Crippen LogP contribution in [0.1, 0.15) is 297 Å². The van der Waals surface area contributed by atoms with Crippen LogP contribution >= 0.6 is 0 Å². The lowest BCUT2D eigenvalue weighted by molar-refractivity contribution is -0.137. The summed E-state index contributed by atoms with van der Waals surface area (Å²) in [5.41, 5.74) is -0.0942. The van der Waals surface area contributed by atoms with Gasteiger partial charge in [-0.1, -0.05) is 205 Å². The Labute approximate surface area is 617 Å². The molecule has 3 saturated carbocycles. The SMILES string of the molecule is CCCCCCCCCCCCCCCC(=O)NCC(C)OCC(C)(C)CNC(=O)CC[C@H](NC(=O)CC(C)(C)COCC(C)(C)CNC(=O)CCN1C(=O)C=CC1=O)C(=O)NCC(C)(C)COC(C)CNC(=O)O[C@H]1CC[C@@]2(C)C(=CC[C@H]3[C@@H]4CC[C@H]([C@H](C)CCCC(C)C)[C@@]4(C)CC[C@@H]32)C1. The van der Waals surface area contributed by atoms with Gasteiger partial charge in [-0.15, -0.1) is 0 Å².